The van der Waals surface area contributed by atoms with Gasteiger partial charge in [0, 0.05) is 49.9 Å². The van der Waals surface area contributed by atoms with E-state index in [1.165, 1.54) is 10.6 Å². The van der Waals surface area contributed by atoms with Crippen LogP contribution in [0.4, 0.5) is 23.5 Å². The number of hydrogen-bond acceptors (Lipinski definition) is 6. The summed E-state index contributed by atoms with van der Waals surface area (Å²) in [6, 6.07) is 5.78. The number of hydrogen-bond donors (Lipinski definition) is 0. The van der Waals surface area contributed by atoms with Crippen LogP contribution >= 0.6 is 0 Å². The first kappa shape index (κ1) is 26.6. The van der Waals surface area contributed by atoms with Crippen molar-refractivity contribution in [3.05, 3.63) is 57.4 Å². The van der Waals surface area contributed by atoms with Crippen molar-refractivity contribution in [2.24, 2.45) is 7.05 Å². The van der Waals surface area contributed by atoms with Crippen LogP contribution in [0.2, 0.25) is 0 Å². The quantitative estimate of drug-likeness (QED) is 0.457. The summed E-state index contributed by atoms with van der Waals surface area (Å²) < 4.78 is 56.9. The molecule has 1 aliphatic rings. The minimum atomic E-state index is -4.61. The van der Waals surface area contributed by atoms with Crippen LogP contribution < -0.4 is 10.6 Å². The highest BCUT2D eigenvalue weighted by molar-refractivity contribution is 5.48. The number of anilines is 1. The Balaban J connectivity index is 1.70. The predicted octanol–water partition coefficient (Wildman–Crippen LogP) is 4.09. The Morgan fingerprint density at radius 2 is 1.86 bits per heavy atom. The molecule has 1 fully saturated rings. The van der Waals surface area contributed by atoms with Crippen molar-refractivity contribution in [1.82, 2.24) is 24.1 Å². The number of halogens is 4. The van der Waals surface area contributed by atoms with E-state index in [-0.39, 0.29) is 24.1 Å². The maximum absolute atomic E-state index is 14.8. The van der Waals surface area contributed by atoms with Gasteiger partial charge in [0.25, 0.3) is 0 Å². The van der Waals surface area contributed by atoms with Gasteiger partial charge in [0.15, 0.2) is 0 Å². The summed E-state index contributed by atoms with van der Waals surface area (Å²) in [5.41, 5.74) is -0.212. The van der Waals surface area contributed by atoms with Crippen LogP contribution in [0.5, 0.6) is 0 Å². The molecule has 12 heteroatoms. The number of rotatable bonds is 6. The minimum Gasteiger partial charge on any atom is -0.335 e. The molecule has 3 heterocycles. The zero-order valence-corrected chi connectivity index (χ0v) is 21.1. The summed E-state index contributed by atoms with van der Waals surface area (Å²) >= 11 is 0. The van der Waals surface area contributed by atoms with Crippen LogP contribution in [0.25, 0.3) is 5.65 Å². The number of aryl methyl sites for hydroxylation is 1. The van der Waals surface area contributed by atoms with Crippen molar-refractivity contribution >= 4 is 11.6 Å². The summed E-state index contributed by atoms with van der Waals surface area (Å²) in [7, 11) is 1.59. The van der Waals surface area contributed by atoms with Gasteiger partial charge in [-0.1, -0.05) is 19.9 Å². The van der Waals surface area contributed by atoms with Crippen LogP contribution in [-0.2, 0) is 19.6 Å². The van der Waals surface area contributed by atoms with Gasteiger partial charge < -0.3 is 4.90 Å². The highest BCUT2D eigenvalue weighted by Gasteiger charge is 2.38. The van der Waals surface area contributed by atoms with E-state index in [1.807, 2.05) is 18.7 Å². The second-order valence-electron chi connectivity index (χ2n) is 9.38. The van der Waals surface area contributed by atoms with Gasteiger partial charge in [0.1, 0.15) is 11.5 Å². The van der Waals surface area contributed by atoms with Crippen molar-refractivity contribution in [1.29, 1.82) is 5.26 Å². The van der Waals surface area contributed by atoms with Crippen LogP contribution in [-0.4, -0.2) is 49.2 Å². The maximum atomic E-state index is 14.8. The Kier molecular flexibility index (Phi) is 7.28. The van der Waals surface area contributed by atoms with Gasteiger partial charge in [0.2, 0.25) is 5.95 Å². The fourth-order valence-corrected chi connectivity index (χ4v) is 5.09. The van der Waals surface area contributed by atoms with Crippen LogP contribution in [0, 0.1) is 17.1 Å². The van der Waals surface area contributed by atoms with Gasteiger partial charge in [-0.05, 0) is 31.9 Å². The molecular weight excluding hydrogens is 490 g/mol. The number of piperazine rings is 1. The van der Waals surface area contributed by atoms with E-state index in [2.05, 4.69) is 21.1 Å². The van der Waals surface area contributed by atoms with Crippen LogP contribution in [0.1, 0.15) is 56.5 Å². The van der Waals surface area contributed by atoms with Crippen molar-refractivity contribution in [3.63, 3.8) is 0 Å². The Morgan fingerprint density at radius 3 is 2.46 bits per heavy atom. The van der Waals surface area contributed by atoms with Crippen molar-refractivity contribution < 1.29 is 17.6 Å². The molecule has 4 rings (SSSR count). The largest absolute Gasteiger partial charge is 0.416 e. The summed E-state index contributed by atoms with van der Waals surface area (Å²) in [4.78, 5) is 21.1. The molecule has 198 valence electrons. The number of nitriles is 1. The predicted molar refractivity (Wildman–Crippen MR) is 130 cm³/mol. The second kappa shape index (κ2) is 10.1. The van der Waals surface area contributed by atoms with E-state index in [9.17, 15) is 22.4 Å². The molecular formula is C25H29F4N7O. The minimum absolute atomic E-state index is 0.0884. The highest BCUT2D eigenvalue weighted by Crippen LogP contribution is 2.35. The molecule has 3 atom stereocenters. The molecule has 0 N–H and O–H groups in total. The van der Waals surface area contributed by atoms with E-state index in [0.29, 0.717) is 49.3 Å². The first-order valence-electron chi connectivity index (χ1n) is 12.2. The first-order valence-corrected chi connectivity index (χ1v) is 12.2. The molecule has 0 aliphatic carbocycles. The average molecular weight is 520 g/mol. The Hall–Kier alpha value is -3.46. The molecule has 0 saturated carbocycles. The van der Waals surface area contributed by atoms with Gasteiger partial charge in [0.05, 0.1) is 23.7 Å². The van der Waals surface area contributed by atoms with Crippen molar-refractivity contribution in [3.8, 4) is 6.07 Å². The molecule has 1 aliphatic heterocycles. The first-order chi connectivity index (χ1) is 17.5. The SMILES string of the molecule is CC[C@H]1CN(C(C)c2ccc(C(F)(F)F)cc2F)[C@H](CC)CN1c1nc(=O)n(C)c2cc(CC#N)nn12. The van der Waals surface area contributed by atoms with Crippen molar-refractivity contribution in [2.75, 3.05) is 18.0 Å². The number of nitrogens with zero attached hydrogens (tertiary/aromatic N) is 7. The smallest absolute Gasteiger partial charge is 0.335 e. The third kappa shape index (κ3) is 4.92. The molecule has 1 aromatic carbocycles. The van der Waals surface area contributed by atoms with E-state index in [1.54, 1.807) is 24.6 Å². The normalized spacial score (nSPS) is 19.8. The van der Waals surface area contributed by atoms with E-state index in [4.69, 9.17) is 5.26 Å². The van der Waals surface area contributed by atoms with Gasteiger partial charge >= 0.3 is 11.9 Å². The number of aromatic nitrogens is 4. The third-order valence-electron chi connectivity index (χ3n) is 7.23. The Labute approximate surface area is 211 Å². The lowest BCUT2D eigenvalue weighted by molar-refractivity contribution is -0.137. The van der Waals surface area contributed by atoms with Gasteiger partial charge in [-0.3, -0.25) is 9.47 Å². The standard InChI is InChI=1S/C25H29F4N7O/c1-5-18-14-35(23-31-24(37)33(4)22-12-17(9-10-30)32-36(22)23)19(6-2)13-34(18)15(3)20-8-7-16(11-21(20)26)25(27,28)29/h7-8,11-12,15,18-19H,5-6,9,13-14H2,1-4H3/t15?,18-,19+/m1/s1. The zero-order valence-electron chi connectivity index (χ0n) is 21.1. The lowest BCUT2D eigenvalue weighted by Crippen LogP contribution is -2.59. The van der Waals surface area contributed by atoms with Gasteiger partial charge in [-0.25, -0.2) is 9.18 Å². The molecule has 0 spiro atoms. The van der Waals surface area contributed by atoms with Gasteiger partial charge in [-0.15, -0.1) is 0 Å². The molecule has 0 amide bonds. The monoisotopic (exact) mass is 519 g/mol. The average Bonchev–Trinajstić information content (AvgIpc) is 3.28. The van der Waals surface area contributed by atoms with E-state index < -0.39 is 29.3 Å². The summed E-state index contributed by atoms with van der Waals surface area (Å²) in [6.45, 7) is 6.73. The highest BCUT2D eigenvalue weighted by atomic mass is 19.4. The lowest BCUT2D eigenvalue weighted by Gasteiger charge is -2.48. The molecule has 8 nitrogen and oxygen atoms in total. The fourth-order valence-electron chi connectivity index (χ4n) is 5.09. The number of fused-ring (bicyclic) bond motifs is 1. The summed E-state index contributed by atoms with van der Waals surface area (Å²) in [6.07, 6.45) is -3.15. The molecule has 0 bridgehead atoms. The van der Waals surface area contributed by atoms with Crippen LogP contribution in [0.3, 0.4) is 0 Å². The second-order valence-corrected chi connectivity index (χ2v) is 9.38. The zero-order chi connectivity index (χ0) is 27.1. The van der Waals surface area contributed by atoms with E-state index in [0.717, 1.165) is 6.07 Å². The third-order valence-corrected chi connectivity index (χ3v) is 7.23. The molecule has 1 unspecified atom stereocenters. The molecule has 37 heavy (non-hydrogen) atoms. The van der Waals surface area contributed by atoms with Crippen molar-refractivity contribution in [2.45, 2.75) is 64.3 Å². The Bertz CT molecular complexity index is 1390. The van der Waals surface area contributed by atoms with E-state index >= 15 is 0 Å². The molecule has 1 saturated heterocycles. The summed E-state index contributed by atoms with van der Waals surface area (Å²) in [5, 5.41) is 13.6. The van der Waals surface area contributed by atoms with Gasteiger partial charge in [-0.2, -0.15) is 33.0 Å². The fraction of sp³-hybridized carbons (Fsp3) is 0.520. The number of benzene rings is 1. The lowest BCUT2D eigenvalue weighted by atomic mass is 9.96. The topological polar surface area (TPSA) is 82.5 Å². The van der Waals surface area contributed by atoms with Crippen LogP contribution in [0.15, 0.2) is 29.1 Å². The summed E-state index contributed by atoms with van der Waals surface area (Å²) in [5.74, 6) is -0.509. The maximum Gasteiger partial charge on any atom is 0.416 e. The molecule has 2 aromatic heterocycles. The molecule has 3 aromatic rings. The number of alkyl halides is 3. The Morgan fingerprint density at radius 1 is 1.16 bits per heavy atom. The molecule has 0 radical (unpaired) electrons.